The first-order valence-corrected chi connectivity index (χ1v) is 6.67. The number of nitrogens with one attached hydrogen (secondary N) is 1. The molecule has 2 unspecified atom stereocenters. The van der Waals surface area contributed by atoms with E-state index in [9.17, 15) is 4.79 Å². The summed E-state index contributed by atoms with van der Waals surface area (Å²) in [4.78, 5) is 14.0. The molecule has 0 aliphatic carbocycles. The molecule has 7 heteroatoms. The lowest BCUT2D eigenvalue weighted by atomic mass is 10.2. The van der Waals surface area contributed by atoms with Gasteiger partial charge in [-0.15, -0.1) is 24.2 Å². The van der Waals surface area contributed by atoms with Crippen LogP contribution in [0.3, 0.4) is 0 Å². The molecule has 2 atom stereocenters. The van der Waals surface area contributed by atoms with E-state index in [-0.39, 0.29) is 30.5 Å². The third-order valence-electron chi connectivity index (χ3n) is 2.82. The zero-order valence-corrected chi connectivity index (χ0v) is 11.5. The topological polar surface area (TPSA) is 50.8 Å². The minimum atomic E-state index is -0.00806. The lowest BCUT2D eigenvalue weighted by Gasteiger charge is -2.34. The molecule has 5 nitrogen and oxygen atoms in total. The van der Waals surface area contributed by atoms with Crippen LogP contribution in [0, 0.1) is 0 Å². The van der Waals surface area contributed by atoms with Gasteiger partial charge >= 0.3 is 0 Å². The summed E-state index contributed by atoms with van der Waals surface area (Å²) in [5.41, 5.74) is 0. The monoisotopic (exact) mass is 282 g/mol. The molecule has 0 bridgehead atoms. The van der Waals surface area contributed by atoms with Crippen LogP contribution in [0.4, 0.5) is 0 Å². The van der Waals surface area contributed by atoms with E-state index >= 15 is 0 Å². The molecule has 0 aromatic rings. The van der Waals surface area contributed by atoms with Gasteiger partial charge in [0.15, 0.2) is 0 Å². The van der Waals surface area contributed by atoms with Crippen LogP contribution in [-0.4, -0.2) is 68.0 Å². The van der Waals surface area contributed by atoms with Crippen molar-refractivity contribution in [3.8, 4) is 0 Å². The summed E-state index contributed by atoms with van der Waals surface area (Å²) in [6.45, 7) is 2.51. The van der Waals surface area contributed by atoms with Crippen LogP contribution in [0.25, 0.3) is 0 Å². The third kappa shape index (κ3) is 3.99. The highest BCUT2D eigenvalue weighted by atomic mass is 35.5. The Kier molecular flexibility index (Phi) is 6.58. The minimum absolute atomic E-state index is 0. The highest BCUT2D eigenvalue weighted by molar-refractivity contribution is 7.99. The number of methoxy groups -OCH3 is 1. The molecule has 17 heavy (non-hydrogen) atoms. The molecule has 1 amide bonds. The Morgan fingerprint density at radius 3 is 3.12 bits per heavy atom. The van der Waals surface area contributed by atoms with E-state index in [2.05, 4.69) is 5.32 Å². The van der Waals surface area contributed by atoms with Crippen molar-refractivity contribution in [2.24, 2.45) is 0 Å². The van der Waals surface area contributed by atoms with Gasteiger partial charge in [-0.25, -0.2) is 0 Å². The van der Waals surface area contributed by atoms with E-state index < -0.39 is 0 Å². The van der Waals surface area contributed by atoms with Crippen molar-refractivity contribution in [1.82, 2.24) is 10.2 Å². The van der Waals surface area contributed by atoms with Crippen molar-refractivity contribution in [3.05, 3.63) is 0 Å². The fourth-order valence-corrected chi connectivity index (χ4v) is 2.91. The second-order valence-corrected chi connectivity index (χ2v) is 5.03. The van der Waals surface area contributed by atoms with Crippen molar-refractivity contribution in [3.63, 3.8) is 0 Å². The Morgan fingerprint density at radius 2 is 2.47 bits per heavy atom. The Bertz CT molecular complexity index is 250. The fraction of sp³-hybridized carbons (Fsp3) is 0.900. The average molecular weight is 283 g/mol. The van der Waals surface area contributed by atoms with Crippen LogP contribution in [0.1, 0.15) is 0 Å². The van der Waals surface area contributed by atoms with Crippen LogP contribution < -0.4 is 5.32 Å². The maximum absolute atomic E-state index is 12.1. The molecule has 1 N–H and O–H groups in total. The average Bonchev–Trinajstić information content (AvgIpc) is 2.82. The smallest absolute Gasteiger partial charge is 0.240 e. The van der Waals surface area contributed by atoms with Crippen LogP contribution in [0.5, 0.6) is 0 Å². The van der Waals surface area contributed by atoms with Crippen molar-refractivity contribution >= 4 is 30.1 Å². The predicted octanol–water partition coefficient (Wildman–Crippen LogP) is -0.0555. The zero-order valence-electron chi connectivity index (χ0n) is 9.89. The maximum Gasteiger partial charge on any atom is 0.240 e. The second kappa shape index (κ2) is 7.43. The Balaban J connectivity index is 0.00000144. The summed E-state index contributed by atoms with van der Waals surface area (Å²) in [5.74, 6) is 1.96. The van der Waals surface area contributed by atoms with E-state index in [1.807, 2.05) is 4.90 Å². The molecular weight excluding hydrogens is 264 g/mol. The molecule has 2 saturated heterocycles. The predicted molar refractivity (Wildman–Crippen MR) is 69.7 cm³/mol. The largest absolute Gasteiger partial charge is 0.382 e. The lowest BCUT2D eigenvalue weighted by molar-refractivity contribution is -0.142. The summed E-state index contributed by atoms with van der Waals surface area (Å²) >= 11 is 1.77. The summed E-state index contributed by atoms with van der Waals surface area (Å²) in [7, 11) is 1.65. The summed E-state index contributed by atoms with van der Waals surface area (Å²) in [5, 5.41) is 3.20. The Morgan fingerprint density at radius 1 is 1.65 bits per heavy atom. The lowest BCUT2D eigenvalue weighted by Crippen LogP contribution is -2.52. The number of ether oxygens (including phenoxy) is 2. The first-order valence-electron chi connectivity index (χ1n) is 5.51. The van der Waals surface area contributed by atoms with Crippen molar-refractivity contribution in [2.45, 2.75) is 12.1 Å². The maximum atomic E-state index is 12.1. The summed E-state index contributed by atoms with van der Waals surface area (Å²) in [6.07, 6.45) is 0.0248. The fourth-order valence-electron chi connectivity index (χ4n) is 1.98. The number of rotatable bonds is 3. The number of carbonyl (C=O) groups excluding carboxylic acids is 1. The molecule has 2 aliphatic rings. The van der Waals surface area contributed by atoms with Gasteiger partial charge in [0.2, 0.25) is 5.91 Å². The molecule has 0 aromatic carbocycles. The van der Waals surface area contributed by atoms with Gasteiger partial charge in [0, 0.05) is 31.8 Å². The Hall–Kier alpha value is -0.0100. The van der Waals surface area contributed by atoms with Gasteiger partial charge in [-0.05, 0) is 0 Å². The number of thioether (sulfide) groups is 1. The Labute approximate surface area is 112 Å². The minimum Gasteiger partial charge on any atom is -0.382 e. The van der Waals surface area contributed by atoms with E-state index in [0.717, 1.165) is 11.6 Å². The molecule has 2 heterocycles. The number of hydrogen-bond donors (Lipinski definition) is 1. The quantitative estimate of drug-likeness (QED) is 0.786. The van der Waals surface area contributed by atoms with Crippen molar-refractivity contribution in [2.75, 3.05) is 45.0 Å². The van der Waals surface area contributed by atoms with Crippen molar-refractivity contribution < 1.29 is 14.3 Å². The SMILES string of the molecule is COCC1CN(C(=O)C2CSCN2)CCO1.Cl. The summed E-state index contributed by atoms with van der Waals surface area (Å²) in [6, 6.07) is -0.00806. The molecule has 2 rings (SSSR count). The number of amides is 1. The van der Waals surface area contributed by atoms with Gasteiger partial charge in [0.05, 0.1) is 25.4 Å². The number of carbonyl (C=O) groups is 1. The molecule has 0 radical (unpaired) electrons. The van der Waals surface area contributed by atoms with E-state index in [1.165, 1.54) is 0 Å². The van der Waals surface area contributed by atoms with Crippen LogP contribution >= 0.6 is 24.2 Å². The van der Waals surface area contributed by atoms with Gasteiger partial charge in [-0.2, -0.15) is 0 Å². The van der Waals surface area contributed by atoms with Gasteiger partial charge < -0.3 is 14.4 Å². The van der Waals surface area contributed by atoms with E-state index in [0.29, 0.717) is 26.3 Å². The van der Waals surface area contributed by atoms with Gasteiger partial charge in [0.25, 0.3) is 0 Å². The second-order valence-electron chi connectivity index (χ2n) is 4.00. The standard InChI is InChI=1S/C10H18N2O3S.ClH/c1-14-5-8-4-12(2-3-15-8)10(13)9-6-16-7-11-9;/h8-9,11H,2-7H2,1H3;1H. The molecule has 0 saturated carbocycles. The number of hydrogen-bond acceptors (Lipinski definition) is 5. The number of nitrogens with zero attached hydrogens (tertiary/aromatic N) is 1. The van der Waals surface area contributed by atoms with E-state index in [1.54, 1.807) is 18.9 Å². The van der Waals surface area contributed by atoms with Crippen LogP contribution in [0.15, 0.2) is 0 Å². The van der Waals surface area contributed by atoms with Gasteiger partial charge in [0.1, 0.15) is 0 Å². The molecule has 2 fully saturated rings. The van der Waals surface area contributed by atoms with Gasteiger partial charge in [-0.1, -0.05) is 0 Å². The number of morpholine rings is 1. The molecule has 100 valence electrons. The normalized spacial score (nSPS) is 28.9. The molecule has 0 spiro atoms. The van der Waals surface area contributed by atoms with Crippen molar-refractivity contribution in [1.29, 1.82) is 0 Å². The summed E-state index contributed by atoms with van der Waals surface area (Å²) < 4.78 is 10.6. The first kappa shape index (κ1) is 15.0. The highest BCUT2D eigenvalue weighted by Gasteiger charge is 2.30. The molecule has 0 aromatic heterocycles. The highest BCUT2D eigenvalue weighted by Crippen LogP contribution is 2.14. The zero-order chi connectivity index (χ0) is 11.4. The molecule has 2 aliphatic heterocycles. The molecular formula is C10H19ClN2O3S. The van der Waals surface area contributed by atoms with E-state index in [4.69, 9.17) is 9.47 Å². The van der Waals surface area contributed by atoms with Crippen LogP contribution in [-0.2, 0) is 14.3 Å². The van der Waals surface area contributed by atoms with Crippen LogP contribution in [0.2, 0.25) is 0 Å². The first-order chi connectivity index (χ1) is 7.81. The number of halogens is 1. The van der Waals surface area contributed by atoms with Gasteiger partial charge in [-0.3, -0.25) is 10.1 Å². The third-order valence-corrected chi connectivity index (χ3v) is 3.76.